The first-order chi connectivity index (χ1) is 11.9. The molecule has 0 fully saturated rings. The van der Waals surface area contributed by atoms with Gasteiger partial charge in [0.05, 0.1) is 12.5 Å². The highest BCUT2D eigenvalue weighted by molar-refractivity contribution is 5.79. The van der Waals surface area contributed by atoms with E-state index in [1.165, 1.54) is 5.56 Å². The Balaban J connectivity index is 1.74. The van der Waals surface area contributed by atoms with Crippen molar-refractivity contribution in [2.75, 3.05) is 0 Å². The van der Waals surface area contributed by atoms with Gasteiger partial charge in [-0.15, -0.1) is 0 Å². The average molecular weight is 337 g/mol. The number of benzene rings is 2. The van der Waals surface area contributed by atoms with Crippen LogP contribution in [0.5, 0.6) is 5.75 Å². The second-order valence-electron chi connectivity index (χ2n) is 7.57. The Kier molecular flexibility index (Phi) is 4.85. The van der Waals surface area contributed by atoms with Crippen molar-refractivity contribution in [3.8, 4) is 5.75 Å². The number of amides is 1. The lowest BCUT2D eigenvalue weighted by Gasteiger charge is -2.38. The molecule has 1 N–H and O–H groups in total. The fraction of sp³-hybridized carbons (Fsp3) is 0.409. The summed E-state index contributed by atoms with van der Waals surface area (Å²) < 4.78 is 6.10. The molecule has 0 saturated carbocycles. The van der Waals surface area contributed by atoms with E-state index in [0.29, 0.717) is 6.42 Å². The van der Waals surface area contributed by atoms with Crippen LogP contribution in [0.25, 0.3) is 0 Å². The highest BCUT2D eigenvalue weighted by atomic mass is 16.5. The van der Waals surface area contributed by atoms with Gasteiger partial charge in [-0.3, -0.25) is 4.79 Å². The van der Waals surface area contributed by atoms with Crippen molar-refractivity contribution in [2.45, 2.75) is 58.6 Å². The highest BCUT2D eigenvalue weighted by Gasteiger charge is 2.34. The van der Waals surface area contributed by atoms with E-state index >= 15 is 0 Å². The van der Waals surface area contributed by atoms with E-state index in [4.69, 9.17) is 4.74 Å². The van der Waals surface area contributed by atoms with Crippen LogP contribution in [0, 0.1) is 6.92 Å². The minimum Gasteiger partial charge on any atom is -0.487 e. The number of nitrogens with one attached hydrogen (secondary N) is 1. The van der Waals surface area contributed by atoms with Gasteiger partial charge in [-0.2, -0.15) is 0 Å². The molecule has 25 heavy (non-hydrogen) atoms. The fourth-order valence-corrected chi connectivity index (χ4v) is 3.41. The van der Waals surface area contributed by atoms with Gasteiger partial charge >= 0.3 is 0 Å². The molecule has 1 unspecified atom stereocenters. The van der Waals surface area contributed by atoms with Crippen LogP contribution in [0.4, 0.5) is 0 Å². The van der Waals surface area contributed by atoms with Crippen molar-refractivity contribution in [2.24, 2.45) is 0 Å². The van der Waals surface area contributed by atoms with Gasteiger partial charge in [0.1, 0.15) is 11.4 Å². The normalized spacial score (nSPS) is 18.2. The lowest BCUT2D eigenvalue weighted by Crippen LogP contribution is -2.41. The SMILES string of the molecule is CCc1ccc(CC(=O)NC2CC(C)(C)Oc3cc(C)ccc32)cc1. The van der Waals surface area contributed by atoms with Gasteiger partial charge in [0.2, 0.25) is 5.91 Å². The Morgan fingerprint density at radius 2 is 1.84 bits per heavy atom. The molecule has 1 heterocycles. The number of rotatable bonds is 4. The zero-order valence-electron chi connectivity index (χ0n) is 15.6. The summed E-state index contributed by atoms with van der Waals surface area (Å²) in [4.78, 5) is 12.6. The summed E-state index contributed by atoms with van der Waals surface area (Å²) >= 11 is 0. The van der Waals surface area contributed by atoms with Crippen LogP contribution in [-0.4, -0.2) is 11.5 Å². The Hall–Kier alpha value is -2.29. The summed E-state index contributed by atoms with van der Waals surface area (Å²) in [6.07, 6.45) is 2.19. The second kappa shape index (κ2) is 6.91. The fourth-order valence-electron chi connectivity index (χ4n) is 3.41. The molecule has 0 bridgehead atoms. The minimum absolute atomic E-state index is 0.0123. The topological polar surface area (TPSA) is 38.3 Å². The molecule has 0 spiro atoms. The Morgan fingerprint density at radius 1 is 1.16 bits per heavy atom. The van der Waals surface area contributed by atoms with Crippen molar-refractivity contribution in [3.05, 3.63) is 64.7 Å². The molecule has 2 aromatic carbocycles. The number of carbonyl (C=O) groups excluding carboxylic acids is 1. The van der Waals surface area contributed by atoms with E-state index < -0.39 is 0 Å². The van der Waals surface area contributed by atoms with E-state index in [1.807, 2.05) is 12.1 Å². The van der Waals surface area contributed by atoms with Crippen LogP contribution in [0.1, 0.15) is 55.5 Å². The maximum Gasteiger partial charge on any atom is 0.224 e. The maximum absolute atomic E-state index is 12.6. The van der Waals surface area contributed by atoms with Crippen LogP contribution in [0.2, 0.25) is 0 Å². The third-order valence-electron chi connectivity index (χ3n) is 4.76. The van der Waals surface area contributed by atoms with Gasteiger partial charge in [-0.05, 0) is 49.9 Å². The molecule has 3 nitrogen and oxygen atoms in total. The van der Waals surface area contributed by atoms with Crippen molar-refractivity contribution < 1.29 is 9.53 Å². The molecule has 1 aliphatic rings. The van der Waals surface area contributed by atoms with Crippen molar-refractivity contribution in [1.29, 1.82) is 0 Å². The number of ether oxygens (including phenoxy) is 1. The third kappa shape index (κ3) is 4.22. The smallest absolute Gasteiger partial charge is 0.224 e. The quantitative estimate of drug-likeness (QED) is 0.891. The maximum atomic E-state index is 12.6. The van der Waals surface area contributed by atoms with Crippen molar-refractivity contribution >= 4 is 5.91 Å². The molecule has 3 rings (SSSR count). The summed E-state index contributed by atoms with van der Waals surface area (Å²) in [7, 11) is 0. The molecule has 1 amide bonds. The molecule has 1 atom stereocenters. The number of carbonyl (C=O) groups is 1. The molecular formula is C22H27NO2. The van der Waals surface area contributed by atoms with Crippen LogP contribution in [0.3, 0.4) is 0 Å². The molecule has 1 aliphatic heterocycles. The van der Waals surface area contributed by atoms with Crippen LogP contribution in [-0.2, 0) is 17.6 Å². The van der Waals surface area contributed by atoms with Crippen molar-refractivity contribution in [3.63, 3.8) is 0 Å². The predicted molar refractivity (Wildman–Crippen MR) is 101 cm³/mol. The van der Waals surface area contributed by atoms with Crippen LogP contribution < -0.4 is 10.1 Å². The zero-order chi connectivity index (χ0) is 18.0. The lowest BCUT2D eigenvalue weighted by molar-refractivity contribution is -0.121. The summed E-state index contributed by atoms with van der Waals surface area (Å²) in [6.45, 7) is 8.33. The number of aryl methyl sites for hydroxylation is 2. The molecule has 3 heteroatoms. The number of hydrogen-bond acceptors (Lipinski definition) is 2. The Bertz CT molecular complexity index is 762. The van der Waals surface area contributed by atoms with Crippen LogP contribution >= 0.6 is 0 Å². The lowest BCUT2D eigenvalue weighted by atomic mass is 9.89. The van der Waals surface area contributed by atoms with E-state index in [0.717, 1.165) is 35.3 Å². The van der Waals surface area contributed by atoms with Gasteiger partial charge in [-0.1, -0.05) is 43.3 Å². The summed E-state index contributed by atoms with van der Waals surface area (Å²) in [5, 5.41) is 3.21. The van der Waals surface area contributed by atoms with E-state index in [-0.39, 0.29) is 17.6 Å². The zero-order valence-corrected chi connectivity index (χ0v) is 15.6. The molecule has 0 saturated heterocycles. The molecule has 0 radical (unpaired) electrons. The van der Waals surface area contributed by atoms with Gasteiger partial charge in [-0.25, -0.2) is 0 Å². The monoisotopic (exact) mass is 337 g/mol. The standard InChI is InChI=1S/C22H27NO2/c1-5-16-7-9-17(10-8-16)13-21(24)23-19-14-22(3,4)25-20-12-15(2)6-11-18(19)20/h6-12,19H,5,13-14H2,1-4H3,(H,23,24). The van der Waals surface area contributed by atoms with Gasteiger partial charge in [0, 0.05) is 12.0 Å². The van der Waals surface area contributed by atoms with Gasteiger partial charge in [0.25, 0.3) is 0 Å². The highest BCUT2D eigenvalue weighted by Crippen LogP contribution is 2.39. The third-order valence-corrected chi connectivity index (χ3v) is 4.76. The largest absolute Gasteiger partial charge is 0.487 e. The summed E-state index contributed by atoms with van der Waals surface area (Å²) in [5.74, 6) is 0.937. The number of fused-ring (bicyclic) bond motifs is 1. The van der Waals surface area contributed by atoms with E-state index in [2.05, 4.69) is 63.3 Å². The van der Waals surface area contributed by atoms with Gasteiger partial charge in [0.15, 0.2) is 0 Å². The first kappa shape index (κ1) is 17.5. The molecular weight excluding hydrogens is 310 g/mol. The molecule has 0 aromatic heterocycles. The predicted octanol–water partition coefficient (Wildman–Crippen LogP) is 4.52. The average Bonchev–Trinajstić information content (AvgIpc) is 2.54. The summed E-state index contributed by atoms with van der Waals surface area (Å²) in [6, 6.07) is 14.5. The molecule has 132 valence electrons. The molecule has 2 aromatic rings. The summed E-state index contributed by atoms with van der Waals surface area (Å²) in [5.41, 5.74) is 4.28. The van der Waals surface area contributed by atoms with Crippen LogP contribution in [0.15, 0.2) is 42.5 Å². The Labute approximate surface area is 150 Å². The Morgan fingerprint density at radius 3 is 2.52 bits per heavy atom. The minimum atomic E-state index is -0.290. The number of hydrogen-bond donors (Lipinski definition) is 1. The van der Waals surface area contributed by atoms with Gasteiger partial charge < -0.3 is 10.1 Å². The first-order valence-electron chi connectivity index (χ1n) is 9.03. The van der Waals surface area contributed by atoms with Crippen molar-refractivity contribution in [1.82, 2.24) is 5.32 Å². The van der Waals surface area contributed by atoms with E-state index in [1.54, 1.807) is 0 Å². The second-order valence-corrected chi connectivity index (χ2v) is 7.57. The van der Waals surface area contributed by atoms with E-state index in [9.17, 15) is 4.79 Å². The first-order valence-corrected chi connectivity index (χ1v) is 9.03. The molecule has 0 aliphatic carbocycles.